The molecule has 1 aromatic rings. The first-order valence-corrected chi connectivity index (χ1v) is 7.60. The summed E-state index contributed by atoms with van der Waals surface area (Å²) in [6.07, 6.45) is 1.53. The predicted octanol–water partition coefficient (Wildman–Crippen LogP) is 2.11. The highest BCUT2D eigenvalue weighted by molar-refractivity contribution is 7.80. The van der Waals surface area contributed by atoms with Crippen LogP contribution < -0.4 is 5.73 Å². The van der Waals surface area contributed by atoms with Gasteiger partial charge in [-0.25, -0.2) is 4.98 Å². The molecule has 1 aliphatic rings. The molecule has 0 spiro atoms. The molecule has 19 heavy (non-hydrogen) atoms. The summed E-state index contributed by atoms with van der Waals surface area (Å²) in [5, 5.41) is 2.99. The van der Waals surface area contributed by atoms with E-state index >= 15 is 0 Å². The smallest absolute Gasteiger partial charge is 0.235 e. The Bertz CT molecular complexity index is 506. The summed E-state index contributed by atoms with van der Waals surface area (Å²) in [5.41, 5.74) is 6.11. The van der Waals surface area contributed by atoms with Crippen LogP contribution in [0.4, 0.5) is 0 Å². The van der Waals surface area contributed by atoms with Gasteiger partial charge in [0.2, 0.25) is 5.91 Å². The fraction of sp³-hybridized carbons (Fsp3) is 0.615. The Labute approximate surface area is 123 Å². The Morgan fingerprint density at radius 3 is 2.74 bits per heavy atom. The molecule has 0 radical (unpaired) electrons. The van der Waals surface area contributed by atoms with Gasteiger partial charge in [0, 0.05) is 12.4 Å². The maximum Gasteiger partial charge on any atom is 0.235 e. The van der Waals surface area contributed by atoms with E-state index in [2.05, 4.69) is 11.9 Å². The van der Waals surface area contributed by atoms with Crippen LogP contribution in [-0.4, -0.2) is 27.8 Å². The Kier molecular flexibility index (Phi) is 3.92. The van der Waals surface area contributed by atoms with Crippen LogP contribution in [0.5, 0.6) is 0 Å². The normalized spacial score (nSPS) is 25.7. The van der Waals surface area contributed by atoms with Gasteiger partial charge in [0.05, 0.1) is 27.6 Å². The van der Waals surface area contributed by atoms with E-state index in [1.807, 2.05) is 12.3 Å². The lowest BCUT2D eigenvalue weighted by molar-refractivity contribution is -0.143. The van der Waals surface area contributed by atoms with Gasteiger partial charge in [-0.2, -0.15) is 0 Å². The van der Waals surface area contributed by atoms with E-state index in [0.717, 1.165) is 23.5 Å². The average Bonchev–Trinajstić information content (AvgIpc) is 2.68. The first kappa shape index (κ1) is 14.4. The van der Waals surface area contributed by atoms with Gasteiger partial charge in [0.15, 0.2) is 0 Å². The molecule has 1 saturated carbocycles. The maximum absolute atomic E-state index is 12.6. The molecule has 1 aromatic heterocycles. The van der Waals surface area contributed by atoms with Gasteiger partial charge in [-0.3, -0.25) is 4.79 Å². The summed E-state index contributed by atoms with van der Waals surface area (Å²) in [5.74, 6) is 0.545. The zero-order chi connectivity index (χ0) is 14.2. The van der Waals surface area contributed by atoms with Crippen molar-refractivity contribution in [2.24, 2.45) is 17.1 Å². The number of aryl methyl sites for hydroxylation is 1. The van der Waals surface area contributed by atoms with Crippen molar-refractivity contribution in [3.63, 3.8) is 0 Å². The molecule has 6 heteroatoms. The molecule has 0 aliphatic heterocycles. The van der Waals surface area contributed by atoms with Gasteiger partial charge < -0.3 is 10.6 Å². The van der Waals surface area contributed by atoms with E-state index in [4.69, 9.17) is 18.0 Å². The monoisotopic (exact) mass is 297 g/mol. The molecule has 1 amide bonds. The third-order valence-electron chi connectivity index (χ3n) is 3.69. The molecule has 0 saturated heterocycles. The summed E-state index contributed by atoms with van der Waals surface area (Å²) in [6.45, 7) is 4.59. The van der Waals surface area contributed by atoms with Crippen LogP contribution in [-0.2, 0) is 11.3 Å². The van der Waals surface area contributed by atoms with Crippen LogP contribution in [0.15, 0.2) is 5.38 Å². The number of carbonyl (C=O) groups is 1. The molecule has 0 aromatic carbocycles. The zero-order valence-corrected chi connectivity index (χ0v) is 13.1. The lowest BCUT2D eigenvalue weighted by Crippen LogP contribution is -2.56. The fourth-order valence-corrected chi connectivity index (χ4v) is 3.63. The zero-order valence-electron chi connectivity index (χ0n) is 11.5. The molecule has 1 heterocycles. The minimum Gasteiger partial charge on any atom is -0.392 e. The molecule has 2 rings (SSSR count). The topological polar surface area (TPSA) is 59.2 Å². The average molecular weight is 297 g/mol. The Balaban J connectivity index is 2.08. The van der Waals surface area contributed by atoms with Gasteiger partial charge in [-0.05, 0) is 25.7 Å². The van der Waals surface area contributed by atoms with Gasteiger partial charge in [-0.15, -0.1) is 11.3 Å². The van der Waals surface area contributed by atoms with Crippen molar-refractivity contribution in [1.29, 1.82) is 0 Å². The predicted molar refractivity (Wildman–Crippen MR) is 80.9 cm³/mol. The lowest BCUT2D eigenvalue weighted by atomic mass is 9.61. The largest absolute Gasteiger partial charge is 0.392 e. The summed E-state index contributed by atoms with van der Waals surface area (Å²) >= 11 is 6.71. The molecule has 1 fully saturated rings. The molecule has 2 N–H and O–H groups in total. The molecular weight excluding hydrogens is 278 g/mol. The van der Waals surface area contributed by atoms with Crippen molar-refractivity contribution in [3.8, 4) is 0 Å². The van der Waals surface area contributed by atoms with Crippen molar-refractivity contribution in [3.05, 3.63) is 16.1 Å². The Hall–Kier alpha value is -1.01. The second-order valence-electron chi connectivity index (χ2n) is 5.48. The molecule has 0 unspecified atom stereocenters. The van der Waals surface area contributed by atoms with Crippen molar-refractivity contribution < 1.29 is 4.79 Å². The van der Waals surface area contributed by atoms with E-state index in [-0.39, 0.29) is 5.91 Å². The van der Waals surface area contributed by atoms with Crippen molar-refractivity contribution in [1.82, 2.24) is 9.88 Å². The van der Waals surface area contributed by atoms with Crippen molar-refractivity contribution in [2.75, 3.05) is 7.05 Å². The summed E-state index contributed by atoms with van der Waals surface area (Å²) in [6, 6.07) is 0. The summed E-state index contributed by atoms with van der Waals surface area (Å²) in [4.78, 5) is 19.0. The highest BCUT2D eigenvalue weighted by atomic mass is 32.1. The second kappa shape index (κ2) is 5.17. The standard InChI is InChI=1S/C13H19N3OS2/c1-8-4-13(5-8,11(14)18)12(17)16(3)6-10-7-19-9(2)15-10/h7-8H,4-6H2,1-3H3,(H2,14,18). The number of thiocarbonyl (C=S) groups is 1. The van der Waals surface area contributed by atoms with Crippen LogP contribution in [0.3, 0.4) is 0 Å². The van der Waals surface area contributed by atoms with Gasteiger partial charge in [0.1, 0.15) is 0 Å². The van der Waals surface area contributed by atoms with Crippen LogP contribution >= 0.6 is 23.6 Å². The van der Waals surface area contributed by atoms with Gasteiger partial charge >= 0.3 is 0 Å². The van der Waals surface area contributed by atoms with E-state index in [9.17, 15) is 4.79 Å². The van der Waals surface area contributed by atoms with Crippen LogP contribution in [0.2, 0.25) is 0 Å². The number of amides is 1. The number of hydrogen-bond acceptors (Lipinski definition) is 4. The molecule has 4 nitrogen and oxygen atoms in total. The Morgan fingerprint density at radius 2 is 2.32 bits per heavy atom. The van der Waals surface area contributed by atoms with Crippen molar-refractivity contribution in [2.45, 2.75) is 33.2 Å². The molecule has 1 aliphatic carbocycles. The first-order chi connectivity index (χ1) is 8.85. The maximum atomic E-state index is 12.6. The minimum absolute atomic E-state index is 0.0313. The van der Waals surface area contributed by atoms with E-state index < -0.39 is 5.41 Å². The molecular formula is C13H19N3OS2. The van der Waals surface area contributed by atoms with E-state index in [1.165, 1.54) is 0 Å². The van der Waals surface area contributed by atoms with Crippen LogP contribution in [0.25, 0.3) is 0 Å². The quantitative estimate of drug-likeness (QED) is 0.865. The molecule has 104 valence electrons. The third kappa shape index (κ3) is 2.65. The first-order valence-electron chi connectivity index (χ1n) is 6.31. The van der Waals surface area contributed by atoms with E-state index in [0.29, 0.717) is 17.5 Å². The molecule has 0 bridgehead atoms. The number of rotatable bonds is 4. The summed E-state index contributed by atoms with van der Waals surface area (Å²) < 4.78 is 0. The molecule has 0 atom stereocenters. The third-order valence-corrected chi connectivity index (χ3v) is 4.90. The number of thiazole rings is 1. The minimum atomic E-state index is -0.617. The number of carbonyl (C=O) groups excluding carboxylic acids is 1. The van der Waals surface area contributed by atoms with Gasteiger partial charge in [0.25, 0.3) is 0 Å². The number of aromatic nitrogens is 1. The highest BCUT2D eigenvalue weighted by Crippen LogP contribution is 2.47. The fourth-order valence-electron chi connectivity index (χ4n) is 2.77. The highest BCUT2D eigenvalue weighted by Gasteiger charge is 2.51. The number of hydrogen-bond donors (Lipinski definition) is 1. The summed E-state index contributed by atoms with van der Waals surface area (Å²) in [7, 11) is 1.79. The van der Waals surface area contributed by atoms with Gasteiger partial charge in [-0.1, -0.05) is 19.1 Å². The lowest BCUT2D eigenvalue weighted by Gasteiger charge is -2.45. The van der Waals surface area contributed by atoms with Crippen LogP contribution in [0, 0.1) is 18.3 Å². The number of nitrogens with two attached hydrogens (primary N) is 1. The Morgan fingerprint density at radius 1 is 1.68 bits per heavy atom. The number of nitrogens with zero attached hydrogens (tertiary/aromatic N) is 2. The second-order valence-corrected chi connectivity index (χ2v) is 6.98. The SMILES string of the molecule is Cc1nc(CN(C)C(=O)C2(C(N)=S)CC(C)C2)cs1. The van der Waals surface area contributed by atoms with Crippen molar-refractivity contribution >= 4 is 34.5 Å². The van der Waals surface area contributed by atoms with E-state index in [1.54, 1.807) is 23.3 Å². The van der Waals surface area contributed by atoms with Crippen LogP contribution in [0.1, 0.15) is 30.5 Å².